The van der Waals surface area contributed by atoms with Gasteiger partial charge >= 0.3 is 11.9 Å². The van der Waals surface area contributed by atoms with Gasteiger partial charge in [-0.3, -0.25) is 19.2 Å². The third-order valence-corrected chi connectivity index (χ3v) is 6.36. The van der Waals surface area contributed by atoms with Crippen molar-refractivity contribution in [2.45, 2.75) is 77.5 Å². The van der Waals surface area contributed by atoms with Crippen LogP contribution < -0.4 is 21.7 Å². The Labute approximate surface area is 216 Å². The highest BCUT2D eigenvalue weighted by Crippen LogP contribution is 2.13. The molecule has 8 N–H and O–H groups in total. The number of aliphatic carboxylic acids is 2. The number of phenols is 1. The molecule has 0 aromatic heterocycles. The van der Waals surface area contributed by atoms with Crippen molar-refractivity contribution in [3.05, 3.63) is 29.8 Å². The number of hydrogen-bond acceptors (Lipinski definition) is 7. The van der Waals surface area contributed by atoms with Gasteiger partial charge in [0, 0.05) is 6.42 Å². The molecule has 0 spiro atoms. The number of phenolic OH excluding ortho intramolecular Hbond substituents is 1. The number of hydrogen-bond donors (Lipinski definition) is 7. The van der Waals surface area contributed by atoms with Gasteiger partial charge in [-0.25, -0.2) is 4.79 Å². The number of carboxylic acids is 2. The van der Waals surface area contributed by atoms with Crippen LogP contribution >= 0.6 is 0 Å². The molecular weight excluding hydrogens is 484 g/mol. The highest BCUT2D eigenvalue weighted by molar-refractivity contribution is 5.95. The largest absolute Gasteiger partial charge is 0.508 e. The Morgan fingerprint density at radius 1 is 0.811 bits per heavy atom. The van der Waals surface area contributed by atoms with Crippen LogP contribution in [0.2, 0.25) is 0 Å². The molecule has 0 bridgehead atoms. The molecule has 0 saturated heterocycles. The molecule has 12 heteroatoms. The van der Waals surface area contributed by atoms with E-state index in [9.17, 15) is 39.3 Å². The van der Waals surface area contributed by atoms with Crippen molar-refractivity contribution in [1.82, 2.24) is 16.0 Å². The zero-order valence-corrected chi connectivity index (χ0v) is 21.6. The van der Waals surface area contributed by atoms with Crippen LogP contribution in [0.15, 0.2) is 24.3 Å². The number of carboxylic acid groups (broad SMARTS) is 2. The summed E-state index contributed by atoms with van der Waals surface area (Å²) >= 11 is 0. The Hall–Kier alpha value is -3.67. The summed E-state index contributed by atoms with van der Waals surface area (Å²) in [5.41, 5.74) is 6.57. The predicted molar refractivity (Wildman–Crippen MR) is 134 cm³/mol. The summed E-state index contributed by atoms with van der Waals surface area (Å²) in [6, 6.07) is 0.858. The zero-order chi connectivity index (χ0) is 28.3. The average Bonchev–Trinajstić information content (AvgIpc) is 2.85. The van der Waals surface area contributed by atoms with Crippen molar-refractivity contribution in [3.63, 3.8) is 0 Å². The summed E-state index contributed by atoms with van der Waals surface area (Å²) in [6.07, 6.45) is 0.198. The molecule has 0 aliphatic rings. The molecule has 1 rings (SSSR count). The molecule has 0 radical (unpaired) electrons. The van der Waals surface area contributed by atoms with E-state index in [1.807, 2.05) is 6.92 Å². The van der Waals surface area contributed by atoms with Crippen molar-refractivity contribution in [2.75, 3.05) is 0 Å². The number of benzene rings is 1. The fraction of sp³-hybridized carbons (Fsp3) is 0.560. The van der Waals surface area contributed by atoms with Crippen LogP contribution in [-0.4, -0.2) is 69.1 Å². The maximum absolute atomic E-state index is 13.2. The molecule has 6 atom stereocenters. The molecule has 3 amide bonds. The van der Waals surface area contributed by atoms with E-state index in [0.29, 0.717) is 18.4 Å². The van der Waals surface area contributed by atoms with Gasteiger partial charge in [0.2, 0.25) is 17.7 Å². The van der Waals surface area contributed by atoms with Crippen molar-refractivity contribution in [2.24, 2.45) is 17.6 Å². The van der Waals surface area contributed by atoms with E-state index >= 15 is 0 Å². The van der Waals surface area contributed by atoms with Crippen molar-refractivity contribution in [3.8, 4) is 5.75 Å². The first-order chi connectivity index (χ1) is 17.3. The molecule has 0 fully saturated rings. The van der Waals surface area contributed by atoms with E-state index < -0.39 is 66.2 Å². The summed E-state index contributed by atoms with van der Waals surface area (Å²) in [5, 5.41) is 35.5. The minimum atomic E-state index is -1.60. The quantitative estimate of drug-likeness (QED) is 0.169. The molecule has 0 aliphatic heterocycles. The van der Waals surface area contributed by atoms with Gasteiger partial charge in [0.15, 0.2) is 0 Å². The average molecular weight is 523 g/mol. The minimum absolute atomic E-state index is 0.0000607. The van der Waals surface area contributed by atoms with Gasteiger partial charge in [-0.2, -0.15) is 0 Å². The highest BCUT2D eigenvalue weighted by atomic mass is 16.4. The van der Waals surface area contributed by atoms with E-state index in [4.69, 9.17) is 5.73 Å². The lowest BCUT2D eigenvalue weighted by Gasteiger charge is -2.26. The van der Waals surface area contributed by atoms with E-state index in [1.54, 1.807) is 32.9 Å². The van der Waals surface area contributed by atoms with Crippen LogP contribution in [0.5, 0.6) is 5.75 Å². The van der Waals surface area contributed by atoms with Crippen LogP contribution in [0.1, 0.15) is 52.5 Å². The number of carbonyl (C=O) groups excluding carboxylic acids is 3. The predicted octanol–water partition coefficient (Wildman–Crippen LogP) is 0.368. The van der Waals surface area contributed by atoms with E-state index in [0.717, 1.165) is 0 Å². The Morgan fingerprint density at radius 3 is 1.81 bits per heavy atom. The zero-order valence-electron chi connectivity index (χ0n) is 21.6. The Kier molecular flexibility index (Phi) is 12.5. The Bertz CT molecular complexity index is 953. The first kappa shape index (κ1) is 31.4. The summed E-state index contributed by atoms with van der Waals surface area (Å²) in [5.74, 6) is -5.75. The molecule has 12 nitrogen and oxygen atoms in total. The molecule has 1 aromatic carbocycles. The molecule has 0 saturated carbocycles. The van der Waals surface area contributed by atoms with Crippen molar-refractivity contribution in [1.29, 1.82) is 0 Å². The lowest BCUT2D eigenvalue weighted by Crippen LogP contribution is -2.59. The molecular formula is C25H38N4O8. The van der Waals surface area contributed by atoms with Crippen LogP contribution in [0, 0.1) is 11.8 Å². The standard InChI is InChI=1S/C25H38N4O8/c1-5-13(3)20(26)24(35)28-17(11-15-7-9-16(30)10-8-15)22(33)27-18(12-19(31)32)23(34)29-21(25(36)37)14(4)6-2/h7-10,13-14,17-18,20-21,30H,5-6,11-12,26H2,1-4H3,(H,27,33)(H,28,35)(H,29,34)(H,31,32)(H,36,37). The first-order valence-electron chi connectivity index (χ1n) is 12.2. The minimum Gasteiger partial charge on any atom is -0.508 e. The lowest BCUT2D eigenvalue weighted by atomic mass is 9.97. The second kappa shape index (κ2) is 14.8. The number of nitrogens with two attached hydrogens (primary N) is 1. The summed E-state index contributed by atoms with van der Waals surface area (Å²) in [6.45, 7) is 7.00. The van der Waals surface area contributed by atoms with Crippen LogP contribution in [0.4, 0.5) is 0 Å². The monoisotopic (exact) mass is 522 g/mol. The van der Waals surface area contributed by atoms with Crippen LogP contribution in [-0.2, 0) is 30.4 Å². The topological polar surface area (TPSA) is 208 Å². The number of aromatic hydroxyl groups is 1. The van der Waals surface area contributed by atoms with Crippen LogP contribution in [0.3, 0.4) is 0 Å². The third kappa shape index (κ3) is 10.1. The number of amides is 3. The summed E-state index contributed by atoms with van der Waals surface area (Å²) in [7, 11) is 0. The van der Waals surface area contributed by atoms with Gasteiger partial charge < -0.3 is 37.0 Å². The number of nitrogens with one attached hydrogen (secondary N) is 3. The smallest absolute Gasteiger partial charge is 0.326 e. The third-order valence-electron chi connectivity index (χ3n) is 6.36. The van der Waals surface area contributed by atoms with Gasteiger partial charge in [-0.15, -0.1) is 0 Å². The maximum Gasteiger partial charge on any atom is 0.326 e. The van der Waals surface area contributed by atoms with E-state index in [1.165, 1.54) is 12.1 Å². The highest BCUT2D eigenvalue weighted by Gasteiger charge is 2.33. The molecule has 0 aliphatic carbocycles. The summed E-state index contributed by atoms with van der Waals surface area (Å²) < 4.78 is 0. The van der Waals surface area contributed by atoms with Crippen molar-refractivity contribution < 1.29 is 39.3 Å². The lowest BCUT2D eigenvalue weighted by molar-refractivity contribution is -0.144. The maximum atomic E-state index is 13.2. The Balaban J connectivity index is 3.19. The van der Waals surface area contributed by atoms with Gasteiger partial charge in [-0.1, -0.05) is 52.7 Å². The van der Waals surface area contributed by atoms with E-state index in [2.05, 4.69) is 16.0 Å². The second-order valence-corrected chi connectivity index (χ2v) is 9.21. The molecule has 206 valence electrons. The van der Waals surface area contributed by atoms with Gasteiger partial charge in [-0.05, 0) is 29.5 Å². The molecule has 37 heavy (non-hydrogen) atoms. The van der Waals surface area contributed by atoms with Crippen molar-refractivity contribution >= 4 is 29.7 Å². The van der Waals surface area contributed by atoms with Gasteiger partial charge in [0.25, 0.3) is 0 Å². The first-order valence-corrected chi connectivity index (χ1v) is 12.2. The number of rotatable bonds is 15. The SMILES string of the molecule is CCC(C)C(N)C(=O)NC(Cc1ccc(O)cc1)C(=O)NC(CC(=O)O)C(=O)NC(C(=O)O)C(C)CC. The molecule has 6 unspecified atom stereocenters. The fourth-order valence-corrected chi connectivity index (χ4v) is 3.45. The van der Waals surface area contributed by atoms with E-state index in [-0.39, 0.29) is 18.1 Å². The van der Waals surface area contributed by atoms with Crippen LogP contribution in [0.25, 0.3) is 0 Å². The van der Waals surface area contributed by atoms with Gasteiger partial charge in [0.1, 0.15) is 23.9 Å². The van der Waals surface area contributed by atoms with Gasteiger partial charge in [0.05, 0.1) is 12.5 Å². The fourth-order valence-electron chi connectivity index (χ4n) is 3.45. The number of carbonyl (C=O) groups is 5. The normalized spacial score (nSPS) is 15.8. The molecule has 0 heterocycles. The molecule has 1 aromatic rings. The summed E-state index contributed by atoms with van der Waals surface area (Å²) in [4.78, 5) is 61.8. The Morgan fingerprint density at radius 2 is 1.32 bits per heavy atom. The second-order valence-electron chi connectivity index (χ2n) is 9.21.